The predicted octanol–water partition coefficient (Wildman–Crippen LogP) is -3.74. The minimum absolute atomic E-state index is 0. The van der Waals surface area contributed by atoms with Crippen LogP contribution in [0.1, 0.15) is 6.92 Å². The van der Waals surface area contributed by atoms with E-state index in [-0.39, 0.29) is 29.6 Å². The third-order valence-electron chi connectivity index (χ3n) is 0. The van der Waals surface area contributed by atoms with Gasteiger partial charge in [-0.15, -0.1) is 0 Å². The van der Waals surface area contributed by atoms with Gasteiger partial charge in [-0.05, 0) is 0 Å². The fourth-order valence-corrected chi connectivity index (χ4v) is 0. The molecule has 0 heterocycles. The normalized spacial score (nSPS) is 8.30. The Balaban J connectivity index is -0.0000000910. The largest absolute Gasteiger partial charge is 1.00 e. The number of aliphatic carboxylic acids is 1. The number of carboxylic acid groups (broad SMARTS) is 1. The van der Waals surface area contributed by atoms with Gasteiger partial charge in [0.05, 0.1) is 10.1 Å². The molecule has 0 aliphatic heterocycles. The minimum atomic E-state index is -3.92. The summed E-state index contributed by atoms with van der Waals surface area (Å²) in [7, 11) is -3.92. The molecule has 0 aromatic heterocycles. The van der Waals surface area contributed by atoms with Crippen molar-refractivity contribution < 1.29 is 52.4 Å². The summed E-state index contributed by atoms with van der Waals surface area (Å²) < 4.78 is 27.2. The van der Waals surface area contributed by atoms with Gasteiger partial charge in [0.1, 0.15) is 0 Å². The van der Waals surface area contributed by atoms with E-state index < -0.39 is 16.1 Å². The van der Waals surface area contributed by atoms with Gasteiger partial charge < -0.3 is 9.66 Å². The quantitative estimate of drug-likeness (QED) is 0.304. The Morgan fingerprint density at radius 1 is 1.50 bits per heavy atom. The zero-order chi connectivity index (χ0) is 8.08. The standard InChI is InChI=1S/C2H4O2.CH4O3S.Na/c1-2(3)4;1-5(2,3)4;/h1H3,(H,3,4);1H3,(H,2,3,4);/q;;+1/p-1. The van der Waals surface area contributed by atoms with Gasteiger partial charge in [-0.2, -0.15) is 0 Å². The first-order chi connectivity index (χ1) is 3.73. The Labute approximate surface area is 81.5 Å². The number of carbonyl (C=O) groups is 1. The molecule has 5 nitrogen and oxygen atoms in total. The third kappa shape index (κ3) is 3160. The number of hydrogen-bond donors (Lipinski definition) is 1. The number of carboxylic acids is 1. The van der Waals surface area contributed by atoms with E-state index in [1.165, 1.54) is 0 Å². The van der Waals surface area contributed by atoms with Crippen molar-refractivity contribution in [2.24, 2.45) is 0 Å². The van der Waals surface area contributed by atoms with Crippen LogP contribution in [-0.2, 0) is 14.9 Å². The van der Waals surface area contributed by atoms with Gasteiger partial charge in [0.2, 0.25) is 0 Å². The van der Waals surface area contributed by atoms with Crippen molar-refractivity contribution in [1.82, 2.24) is 0 Å². The Hall–Kier alpha value is 0.380. The van der Waals surface area contributed by atoms with E-state index in [1.807, 2.05) is 0 Å². The van der Waals surface area contributed by atoms with Crippen molar-refractivity contribution in [1.29, 1.82) is 0 Å². The molecule has 56 valence electrons. The molecule has 0 spiro atoms. The molecule has 0 bridgehead atoms. The van der Waals surface area contributed by atoms with Crippen molar-refractivity contribution in [3.05, 3.63) is 0 Å². The van der Waals surface area contributed by atoms with E-state index in [0.717, 1.165) is 6.92 Å². The fraction of sp³-hybridized carbons (Fsp3) is 0.667. The van der Waals surface area contributed by atoms with Crippen LogP contribution in [0.4, 0.5) is 0 Å². The average molecular weight is 178 g/mol. The van der Waals surface area contributed by atoms with E-state index in [4.69, 9.17) is 22.9 Å². The van der Waals surface area contributed by atoms with Gasteiger partial charge in [0.15, 0.2) is 0 Å². The second-order valence-electron chi connectivity index (χ2n) is 1.22. The second kappa shape index (κ2) is 7.49. The summed E-state index contributed by atoms with van der Waals surface area (Å²) in [5.74, 6) is -0.833. The van der Waals surface area contributed by atoms with Crippen LogP contribution in [0.15, 0.2) is 0 Å². The van der Waals surface area contributed by atoms with Crippen LogP contribution in [-0.4, -0.2) is 30.3 Å². The van der Waals surface area contributed by atoms with E-state index in [2.05, 4.69) is 0 Å². The maximum absolute atomic E-state index is 9.08. The SMILES string of the molecule is CC(=O)O.CS(=O)(=O)[O-].[Na+]. The zero-order valence-electron chi connectivity index (χ0n) is 5.99. The molecular weight excluding hydrogens is 171 g/mol. The van der Waals surface area contributed by atoms with Gasteiger partial charge >= 0.3 is 29.6 Å². The molecule has 0 amide bonds. The molecule has 0 unspecified atom stereocenters. The first kappa shape index (κ1) is 16.8. The van der Waals surface area contributed by atoms with Crippen molar-refractivity contribution in [2.45, 2.75) is 6.92 Å². The topological polar surface area (TPSA) is 94.5 Å². The first-order valence-electron chi connectivity index (χ1n) is 1.84. The fourth-order valence-electron chi connectivity index (χ4n) is 0. The van der Waals surface area contributed by atoms with E-state index in [9.17, 15) is 0 Å². The molecule has 0 aromatic rings. The molecule has 0 aromatic carbocycles. The average Bonchev–Trinajstić information content (AvgIpc) is 1.19. The number of hydrogen-bond acceptors (Lipinski definition) is 4. The molecule has 0 rings (SSSR count). The second-order valence-corrected chi connectivity index (χ2v) is 2.63. The van der Waals surface area contributed by atoms with Crippen molar-refractivity contribution in [2.75, 3.05) is 6.26 Å². The van der Waals surface area contributed by atoms with Crippen molar-refractivity contribution in [3.63, 3.8) is 0 Å². The van der Waals surface area contributed by atoms with Crippen LogP contribution in [0, 0.1) is 0 Å². The maximum atomic E-state index is 9.08. The first-order valence-corrected chi connectivity index (χ1v) is 3.65. The van der Waals surface area contributed by atoms with Gasteiger partial charge in [-0.3, -0.25) is 4.79 Å². The molecule has 10 heavy (non-hydrogen) atoms. The van der Waals surface area contributed by atoms with Gasteiger partial charge in [0, 0.05) is 13.2 Å². The summed E-state index contributed by atoms with van der Waals surface area (Å²) in [4.78, 5) is 9.00. The van der Waals surface area contributed by atoms with Crippen molar-refractivity contribution in [3.8, 4) is 0 Å². The smallest absolute Gasteiger partial charge is 0.748 e. The van der Waals surface area contributed by atoms with E-state index >= 15 is 0 Å². The minimum Gasteiger partial charge on any atom is -0.748 e. The molecule has 1 N–H and O–H groups in total. The predicted molar refractivity (Wildman–Crippen MR) is 28.9 cm³/mol. The molecule has 0 aliphatic rings. The third-order valence-corrected chi connectivity index (χ3v) is 0. The Morgan fingerprint density at radius 3 is 1.50 bits per heavy atom. The molecule has 0 fully saturated rings. The van der Waals surface area contributed by atoms with Crippen LogP contribution in [0.25, 0.3) is 0 Å². The summed E-state index contributed by atoms with van der Waals surface area (Å²) in [6.45, 7) is 1.08. The molecular formula is C3H7NaO5S. The van der Waals surface area contributed by atoms with Crippen molar-refractivity contribution >= 4 is 16.1 Å². The molecule has 0 radical (unpaired) electrons. The van der Waals surface area contributed by atoms with E-state index in [1.54, 1.807) is 0 Å². The Bertz CT molecular complexity index is 159. The van der Waals surface area contributed by atoms with Crippen LogP contribution >= 0.6 is 0 Å². The van der Waals surface area contributed by atoms with Gasteiger partial charge in [-0.25, -0.2) is 8.42 Å². The summed E-state index contributed by atoms with van der Waals surface area (Å²) in [6, 6.07) is 0. The molecule has 0 saturated heterocycles. The summed E-state index contributed by atoms with van der Waals surface area (Å²) >= 11 is 0. The zero-order valence-corrected chi connectivity index (χ0v) is 8.80. The molecule has 0 atom stereocenters. The monoisotopic (exact) mass is 178 g/mol. The Kier molecular flexibility index (Phi) is 12.6. The summed E-state index contributed by atoms with van der Waals surface area (Å²) in [5.41, 5.74) is 0. The van der Waals surface area contributed by atoms with E-state index in [0.29, 0.717) is 6.26 Å². The maximum Gasteiger partial charge on any atom is 1.00 e. The molecule has 7 heteroatoms. The molecule has 0 saturated carbocycles. The van der Waals surface area contributed by atoms with Crippen LogP contribution in [0.5, 0.6) is 0 Å². The van der Waals surface area contributed by atoms with Crippen LogP contribution < -0.4 is 29.6 Å². The van der Waals surface area contributed by atoms with Gasteiger partial charge in [-0.1, -0.05) is 0 Å². The van der Waals surface area contributed by atoms with Crippen LogP contribution in [0.2, 0.25) is 0 Å². The number of rotatable bonds is 0. The summed E-state index contributed by atoms with van der Waals surface area (Å²) in [6.07, 6.45) is 0.604. The molecule has 0 aliphatic carbocycles. The van der Waals surface area contributed by atoms with Gasteiger partial charge in [0.25, 0.3) is 5.97 Å². The van der Waals surface area contributed by atoms with Crippen LogP contribution in [0.3, 0.4) is 0 Å². The Morgan fingerprint density at radius 2 is 1.50 bits per heavy atom. The summed E-state index contributed by atoms with van der Waals surface area (Å²) in [5, 5.41) is 7.42.